The van der Waals surface area contributed by atoms with E-state index in [1.165, 1.54) is 4.90 Å². The minimum atomic E-state index is -0.201. The van der Waals surface area contributed by atoms with Crippen LogP contribution in [0.3, 0.4) is 0 Å². The lowest BCUT2D eigenvalue weighted by Gasteiger charge is -2.15. The smallest absolute Gasteiger partial charge is 0.260 e. The Bertz CT molecular complexity index is 986. The predicted molar refractivity (Wildman–Crippen MR) is 106 cm³/mol. The Morgan fingerprint density at radius 2 is 1.93 bits per heavy atom. The Morgan fingerprint density at radius 3 is 2.66 bits per heavy atom. The molecule has 0 spiro atoms. The average molecular weight is 397 g/mol. The topological polar surface area (TPSA) is 86.9 Å². The van der Waals surface area contributed by atoms with E-state index >= 15 is 0 Å². The molecule has 0 aliphatic heterocycles. The summed E-state index contributed by atoms with van der Waals surface area (Å²) in [4.78, 5) is 18.2. The summed E-state index contributed by atoms with van der Waals surface area (Å²) in [5, 5.41) is 3.99. The van der Waals surface area contributed by atoms with Crippen molar-refractivity contribution >= 4 is 5.91 Å². The number of amides is 1. The van der Waals surface area contributed by atoms with Gasteiger partial charge in [0.25, 0.3) is 5.91 Å². The molecule has 0 aliphatic rings. The summed E-state index contributed by atoms with van der Waals surface area (Å²) in [7, 11) is 4.79. The molecule has 0 aliphatic carbocycles. The van der Waals surface area contributed by atoms with Crippen molar-refractivity contribution in [3.8, 4) is 28.6 Å². The second-order valence-corrected chi connectivity index (χ2v) is 6.43. The van der Waals surface area contributed by atoms with Gasteiger partial charge in [-0.05, 0) is 36.8 Å². The van der Waals surface area contributed by atoms with Crippen LogP contribution in [-0.4, -0.2) is 48.8 Å². The molecule has 0 fully saturated rings. The zero-order valence-corrected chi connectivity index (χ0v) is 16.8. The fraction of sp³-hybridized carbons (Fsp3) is 0.286. The Kier molecular flexibility index (Phi) is 6.33. The predicted octanol–water partition coefficient (Wildman–Crippen LogP) is 3.10. The summed E-state index contributed by atoms with van der Waals surface area (Å²) in [6.07, 6.45) is 0. The van der Waals surface area contributed by atoms with Gasteiger partial charge in [0.05, 0.1) is 26.3 Å². The minimum absolute atomic E-state index is 0.0761. The monoisotopic (exact) mass is 397 g/mol. The number of ether oxygens (including phenoxy) is 3. The van der Waals surface area contributed by atoms with Crippen molar-refractivity contribution < 1.29 is 23.5 Å². The van der Waals surface area contributed by atoms with Gasteiger partial charge in [0.1, 0.15) is 17.2 Å². The van der Waals surface area contributed by atoms with E-state index in [9.17, 15) is 4.79 Å². The molecule has 0 unspecified atom stereocenters. The first-order valence-corrected chi connectivity index (χ1v) is 8.98. The Labute approximate surface area is 169 Å². The number of aryl methyl sites for hydroxylation is 1. The minimum Gasteiger partial charge on any atom is -0.497 e. The molecule has 152 valence electrons. The number of nitrogens with zero attached hydrogens (tertiary/aromatic N) is 3. The number of hydrogen-bond acceptors (Lipinski definition) is 7. The van der Waals surface area contributed by atoms with E-state index in [1.807, 2.05) is 31.2 Å². The van der Waals surface area contributed by atoms with Gasteiger partial charge in [-0.1, -0.05) is 17.3 Å². The first kappa shape index (κ1) is 20.2. The molecule has 0 bridgehead atoms. The summed E-state index contributed by atoms with van der Waals surface area (Å²) in [5.74, 6) is 2.35. The Morgan fingerprint density at radius 1 is 1.10 bits per heavy atom. The lowest BCUT2D eigenvalue weighted by Crippen LogP contribution is -2.31. The lowest BCUT2D eigenvalue weighted by molar-refractivity contribution is -0.132. The van der Waals surface area contributed by atoms with E-state index in [-0.39, 0.29) is 19.1 Å². The molecule has 1 heterocycles. The van der Waals surface area contributed by atoms with Crippen molar-refractivity contribution in [1.82, 2.24) is 15.0 Å². The zero-order valence-electron chi connectivity index (χ0n) is 16.8. The maximum Gasteiger partial charge on any atom is 0.260 e. The van der Waals surface area contributed by atoms with Gasteiger partial charge in [0, 0.05) is 13.1 Å². The van der Waals surface area contributed by atoms with Crippen molar-refractivity contribution in [3.05, 3.63) is 53.9 Å². The van der Waals surface area contributed by atoms with Crippen LogP contribution in [0.25, 0.3) is 11.4 Å². The van der Waals surface area contributed by atoms with Gasteiger partial charge in [0.2, 0.25) is 11.7 Å². The number of likely N-dealkylation sites (N-methyl/N-ethyl adjacent to an activating group) is 1. The summed E-state index contributed by atoms with van der Waals surface area (Å²) < 4.78 is 21.4. The molecule has 3 aromatic rings. The number of rotatable bonds is 8. The standard InChI is InChI=1S/C21H23N3O5/c1-14-6-5-7-16(10-14)28-13-20(25)24(2)12-19-22-21(23-29-19)17-9-8-15(26-3)11-18(17)27-4/h5-11H,12-13H2,1-4H3. The highest BCUT2D eigenvalue weighted by molar-refractivity contribution is 5.77. The van der Waals surface area contributed by atoms with E-state index in [1.54, 1.807) is 39.5 Å². The molecule has 3 rings (SSSR count). The van der Waals surface area contributed by atoms with Crippen LogP contribution in [0.2, 0.25) is 0 Å². The molecular weight excluding hydrogens is 374 g/mol. The van der Waals surface area contributed by atoms with E-state index in [0.29, 0.717) is 34.5 Å². The molecule has 0 radical (unpaired) electrons. The lowest BCUT2D eigenvalue weighted by atomic mass is 10.2. The third-order valence-electron chi connectivity index (χ3n) is 4.27. The molecule has 0 saturated carbocycles. The van der Waals surface area contributed by atoms with Crippen LogP contribution >= 0.6 is 0 Å². The van der Waals surface area contributed by atoms with Crippen LogP contribution in [0.4, 0.5) is 0 Å². The van der Waals surface area contributed by atoms with Crippen molar-refractivity contribution in [3.63, 3.8) is 0 Å². The van der Waals surface area contributed by atoms with E-state index < -0.39 is 0 Å². The van der Waals surface area contributed by atoms with Gasteiger partial charge in [-0.3, -0.25) is 4.79 Å². The quantitative estimate of drug-likeness (QED) is 0.577. The SMILES string of the molecule is COc1ccc(-c2noc(CN(C)C(=O)COc3cccc(C)c3)n2)c(OC)c1. The molecule has 8 nitrogen and oxygen atoms in total. The van der Waals surface area contributed by atoms with Crippen molar-refractivity contribution in [2.24, 2.45) is 0 Å². The fourth-order valence-corrected chi connectivity index (χ4v) is 2.66. The number of hydrogen-bond donors (Lipinski definition) is 0. The average Bonchev–Trinajstić information content (AvgIpc) is 3.19. The number of benzene rings is 2. The van der Waals surface area contributed by atoms with Crippen LogP contribution in [0, 0.1) is 6.92 Å². The number of methoxy groups -OCH3 is 2. The first-order chi connectivity index (χ1) is 14.0. The normalized spacial score (nSPS) is 10.5. The molecule has 1 amide bonds. The first-order valence-electron chi connectivity index (χ1n) is 8.98. The molecule has 2 aromatic carbocycles. The molecule has 0 saturated heterocycles. The molecule has 8 heteroatoms. The maximum atomic E-state index is 12.3. The molecule has 29 heavy (non-hydrogen) atoms. The number of carbonyl (C=O) groups is 1. The van der Waals surface area contributed by atoms with Gasteiger partial charge >= 0.3 is 0 Å². The Hall–Kier alpha value is -3.55. The van der Waals surface area contributed by atoms with Crippen molar-refractivity contribution in [2.45, 2.75) is 13.5 Å². The number of aromatic nitrogens is 2. The molecule has 0 N–H and O–H groups in total. The highest BCUT2D eigenvalue weighted by atomic mass is 16.5. The summed E-state index contributed by atoms with van der Waals surface area (Å²) in [6.45, 7) is 2.06. The molecular formula is C21H23N3O5. The zero-order chi connectivity index (χ0) is 20.8. The third kappa shape index (κ3) is 5.04. The fourth-order valence-electron chi connectivity index (χ4n) is 2.66. The van der Waals surface area contributed by atoms with Gasteiger partial charge in [0.15, 0.2) is 6.61 Å². The third-order valence-corrected chi connectivity index (χ3v) is 4.27. The second-order valence-electron chi connectivity index (χ2n) is 6.43. The van der Waals surface area contributed by atoms with Crippen LogP contribution < -0.4 is 14.2 Å². The van der Waals surface area contributed by atoms with Crippen molar-refractivity contribution in [2.75, 3.05) is 27.9 Å². The summed E-state index contributed by atoms with van der Waals surface area (Å²) in [6, 6.07) is 12.8. The summed E-state index contributed by atoms with van der Waals surface area (Å²) in [5.41, 5.74) is 1.73. The second kappa shape index (κ2) is 9.09. The van der Waals surface area contributed by atoms with E-state index in [4.69, 9.17) is 18.7 Å². The molecule has 0 atom stereocenters. The summed E-state index contributed by atoms with van der Waals surface area (Å²) >= 11 is 0. The highest BCUT2D eigenvalue weighted by Crippen LogP contribution is 2.31. The van der Waals surface area contributed by atoms with E-state index in [0.717, 1.165) is 5.56 Å². The van der Waals surface area contributed by atoms with Crippen LogP contribution in [0.15, 0.2) is 47.0 Å². The van der Waals surface area contributed by atoms with Gasteiger partial charge in [-0.25, -0.2) is 0 Å². The van der Waals surface area contributed by atoms with Crippen LogP contribution in [-0.2, 0) is 11.3 Å². The van der Waals surface area contributed by atoms with Gasteiger partial charge < -0.3 is 23.6 Å². The number of carbonyl (C=O) groups excluding carboxylic acids is 1. The largest absolute Gasteiger partial charge is 0.497 e. The van der Waals surface area contributed by atoms with E-state index in [2.05, 4.69) is 10.1 Å². The van der Waals surface area contributed by atoms with Gasteiger partial charge in [-0.15, -0.1) is 0 Å². The van der Waals surface area contributed by atoms with Gasteiger partial charge in [-0.2, -0.15) is 4.98 Å². The van der Waals surface area contributed by atoms with Crippen LogP contribution in [0.1, 0.15) is 11.5 Å². The highest BCUT2D eigenvalue weighted by Gasteiger charge is 2.17. The molecule has 1 aromatic heterocycles. The van der Waals surface area contributed by atoms with Crippen LogP contribution in [0.5, 0.6) is 17.2 Å². The Balaban J connectivity index is 1.62. The maximum absolute atomic E-state index is 12.3. The van der Waals surface area contributed by atoms with Crippen molar-refractivity contribution in [1.29, 1.82) is 0 Å².